The summed E-state index contributed by atoms with van der Waals surface area (Å²) < 4.78 is 1.76. The zero-order valence-corrected chi connectivity index (χ0v) is 17.3. The summed E-state index contributed by atoms with van der Waals surface area (Å²) in [4.78, 5) is 14.9. The van der Waals surface area contributed by atoms with E-state index in [9.17, 15) is 4.79 Å². The van der Waals surface area contributed by atoms with Crippen LogP contribution in [0.15, 0.2) is 66.9 Å². The Kier molecular flexibility index (Phi) is 7.00. The van der Waals surface area contributed by atoms with Gasteiger partial charge in [-0.15, -0.1) is 12.4 Å². The number of carbonyl (C=O) groups is 1. The van der Waals surface area contributed by atoms with Gasteiger partial charge in [-0.2, -0.15) is 5.10 Å². The summed E-state index contributed by atoms with van der Waals surface area (Å²) in [7, 11) is 1.81. The molecule has 0 aliphatic carbocycles. The molecule has 1 aromatic heterocycles. The molecule has 0 saturated heterocycles. The lowest BCUT2D eigenvalue weighted by Crippen LogP contribution is -2.39. The first kappa shape index (κ1) is 21.7. The Hall–Kier alpha value is -2.63. The monoisotopic (exact) mass is 398 g/mol. The van der Waals surface area contributed by atoms with E-state index in [0.717, 1.165) is 11.3 Å². The molecule has 6 heteroatoms. The summed E-state index contributed by atoms with van der Waals surface area (Å²) in [6, 6.07) is 19.6. The van der Waals surface area contributed by atoms with E-state index in [0.29, 0.717) is 24.3 Å². The average Bonchev–Trinajstić information content (AvgIpc) is 3.14. The van der Waals surface area contributed by atoms with E-state index in [1.807, 2.05) is 73.9 Å². The SMILES string of the molecule is CN(CC(C)(C)CN)C(=O)c1cn(-c2ccccc2)nc1-c1ccccc1.Cl. The highest BCUT2D eigenvalue weighted by Gasteiger charge is 2.25. The smallest absolute Gasteiger partial charge is 0.257 e. The molecule has 0 unspecified atom stereocenters. The first-order chi connectivity index (χ1) is 12.9. The number of amides is 1. The van der Waals surface area contributed by atoms with Crippen LogP contribution in [-0.4, -0.2) is 40.7 Å². The highest BCUT2D eigenvalue weighted by molar-refractivity contribution is 5.99. The molecule has 0 atom stereocenters. The number of hydrogen-bond donors (Lipinski definition) is 1. The van der Waals surface area contributed by atoms with Crippen molar-refractivity contribution < 1.29 is 4.79 Å². The molecule has 148 valence electrons. The molecular formula is C22H27ClN4O. The lowest BCUT2D eigenvalue weighted by molar-refractivity contribution is 0.0741. The van der Waals surface area contributed by atoms with Gasteiger partial charge >= 0.3 is 0 Å². The summed E-state index contributed by atoms with van der Waals surface area (Å²) in [5.41, 5.74) is 8.79. The molecule has 0 aliphatic heterocycles. The van der Waals surface area contributed by atoms with Crippen molar-refractivity contribution in [2.75, 3.05) is 20.1 Å². The fourth-order valence-electron chi connectivity index (χ4n) is 3.04. The molecule has 3 aromatic rings. The topological polar surface area (TPSA) is 64.2 Å². The molecule has 2 aromatic carbocycles. The van der Waals surface area contributed by atoms with Crippen molar-refractivity contribution in [2.45, 2.75) is 13.8 Å². The summed E-state index contributed by atoms with van der Waals surface area (Å²) in [5, 5.41) is 4.72. The van der Waals surface area contributed by atoms with Crippen LogP contribution in [0.25, 0.3) is 16.9 Å². The van der Waals surface area contributed by atoms with Gasteiger partial charge in [-0.1, -0.05) is 62.4 Å². The molecule has 1 heterocycles. The van der Waals surface area contributed by atoms with Gasteiger partial charge in [0.25, 0.3) is 5.91 Å². The van der Waals surface area contributed by atoms with Crippen LogP contribution >= 0.6 is 12.4 Å². The van der Waals surface area contributed by atoms with Gasteiger partial charge in [-0.3, -0.25) is 4.79 Å². The maximum Gasteiger partial charge on any atom is 0.257 e. The minimum atomic E-state index is -0.146. The highest BCUT2D eigenvalue weighted by atomic mass is 35.5. The lowest BCUT2D eigenvalue weighted by atomic mass is 9.93. The fraction of sp³-hybridized carbons (Fsp3) is 0.273. The second kappa shape index (κ2) is 9.04. The lowest BCUT2D eigenvalue weighted by Gasteiger charge is -2.29. The van der Waals surface area contributed by atoms with Gasteiger partial charge < -0.3 is 10.6 Å². The number of nitrogens with zero attached hydrogens (tertiary/aromatic N) is 3. The molecule has 0 saturated carbocycles. The predicted molar refractivity (Wildman–Crippen MR) is 116 cm³/mol. The van der Waals surface area contributed by atoms with Crippen LogP contribution in [0.2, 0.25) is 0 Å². The van der Waals surface area contributed by atoms with Crippen molar-refractivity contribution in [1.29, 1.82) is 0 Å². The molecule has 3 rings (SSSR count). The number of rotatable bonds is 6. The van der Waals surface area contributed by atoms with Gasteiger partial charge in [-0.05, 0) is 24.1 Å². The molecule has 0 fully saturated rings. The highest BCUT2D eigenvalue weighted by Crippen LogP contribution is 2.25. The van der Waals surface area contributed by atoms with E-state index in [1.165, 1.54) is 0 Å². The Morgan fingerprint density at radius 2 is 1.64 bits per heavy atom. The number of aromatic nitrogens is 2. The van der Waals surface area contributed by atoms with Crippen LogP contribution in [0.3, 0.4) is 0 Å². The van der Waals surface area contributed by atoms with E-state index in [1.54, 1.807) is 9.58 Å². The first-order valence-corrected chi connectivity index (χ1v) is 9.07. The van der Waals surface area contributed by atoms with Crippen molar-refractivity contribution in [1.82, 2.24) is 14.7 Å². The van der Waals surface area contributed by atoms with Gasteiger partial charge in [0.15, 0.2) is 0 Å². The molecule has 0 spiro atoms. The molecular weight excluding hydrogens is 372 g/mol. The van der Waals surface area contributed by atoms with Crippen molar-refractivity contribution in [3.05, 3.63) is 72.4 Å². The zero-order chi connectivity index (χ0) is 19.4. The number of halogens is 1. The van der Waals surface area contributed by atoms with Gasteiger partial charge in [0.1, 0.15) is 5.69 Å². The van der Waals surface area contributed by atoms with E-state index < -0.39 is 0 Å². The van der Waals surface area contributed by atoms with Gasteiger partial charge in [0, 0.05) is 25.4 Å². The second-order valence-electron chi connectivity index (χ2n) is 7.57. The maximum atomic E-state index is 13.2. The average molecular weight is 399 g/mol. The van der Waals surface area contributed by atoms with Crippen molar-refractivity contribution in [3.8, 4) is 16.9 Å². The van der Waals surface area contributed by atoms with Crippen LogP contribution in [0, 0.1) is 5.41 Å². The zero-order valence-electron chi connectivity index (χ0n) is 16.5. The Morgan fingerprint density at radius 3 is 2.21 bits per heavy atom. The van der Waals surface area contributed by atoms with Crippen LogP contribution < -0.4 is 5.73 Å². The van der Waals surface area contributed by atoms with Gasteiger partial charge in [0.05, 0.1) is 11.3 Å². The van der Waals surface area contributed by atoms with Gasteiger partial charge in [-0.25, -0.2) is 4.68 Å². The van der Waals surface area contributed by atoms with Crippen molar-refractivity contribution in [3.63, 3.8) is 0 Å². The molecule has 0 radical (unpaired) electrons. The van der Waals surface area contributed by atoms with E-state index >= 15 is 0 Å². The number of hydrogen-bond acceptors (Lipinski definition) is 3. The second-order valence-corrected chi connectivity index (χ2v) is 7.57. The summed E-state index contributed by atoms with van der Waals surface area (Å²) in [6.45, 7) is 5.21. The summed E-state index contributed by atoms with van der Waals surface area (Å²) >= 11 is 0. The van der Waals surface area contributed by atoms with Crippen LogP contribution in [-0.2, 0) is 0 Å². The number of nitrogens with two attached hydrogens (primary N) is 1. The maximum absolute atomic E-state index is 13.2. The molecule has 5 nitrogen and oxygen atoms in total. The van der Waals surface area contributed by atoms with Crippen LogP contribution in [0.1, 0.15) is 24.2 Å². The third-order valence-electron chi connectivity index (χ3n) is 4.58. The van der Waals surface area contributed by atoms with E-state index in [2.05, 4.69) is 13.8 Å². The number of para-hydroxylation sites is 1. The minimum Gasteiger partial charge on any atom is -0.341 e. The Labute approximate surface area is 172 Å². The van der Waals surface area contributed by atoms with E-state index in [4.69, 9.17) is 10.8 Å². The molecule has 2 N–H and O–H groups in total. The van der Waals surface area contributed by atoms with Crippen LogP contribution in [0.5, 0.6) is 0 Å². The Morgan fingerprint density at radius 1 is 1.07 bits per heavy atom. The van der Waals surface area contributed by atoms with Crippen molar-refractivity contribution in [2.24, 2.45) is 11.1 Å². The largest absolute Gasteiger partial charge is 0.341 e. The van der Waals surface area contributed by atoms with Gasteiger partial charge in [0.2, 0.25) is 0 Å². The minimum absolute atomic E-state index is 0. The standard InChI is InChI=1S/C22H26N4O.ClH/c1-22(2,15-23)16-25(3)21(27)19-14-26(18-12-8-5-9-13-18)24-20(19)17-10-6-4-7-11-17;/h4-14H,15-16,23H2,1-3H3;1H. The normalized spacial score (nSPS) is 11.0. The fourth-order valence-corrected chi connectivity index (χ4v) is 3.04. The third-order valence-corrected chi connectivity index (χ3v) is 4.58. The quantitative estimate of drug-likeness (QED) is 0.682. The van der Waals surface area contributed by atoms with E-state index in [-0.39, 0.29) is 23.7 Å². The van der Waals surface area contributed by atoms with Crippen molar-refractivity contribution >= 4 is 18.3 Å². The number of carbonyl (C=O) groups excluding carboxylic acids is 1. The first-order valence-electron chi connectivity index (χ1n) is 9.07. The third kappa shape index (κ3) is 4.80. The molecule has 28 heavy (non-hydrogen) atoms. The predicted octanol–water partition coefficient (Wildman–Crippen LogP) is 4.02. The summed E-state index contributed by atoms with van der Waals surface area (Å²) in [5.74, 6) is -0.0578. The van der Waals surface area contributed by atoms with Crippen LogP contribution in [0.4, 0.5) is 0 Å². The molecule has 1 amide bonds. The molecule has 0 bridgehead atoms. The molecule has 0 aliphatic rings. The Bertz CT molecular complexity index is 907. The Balaban J connectivity index is 0.00000280. The summed E-state index contributed by atoms with van der Waals surface area (Å²) in [6.07, 6.45) is 1.81. The number of benzene rings is 2.